The Labute approximate surface area is 131 Å². The van der Waals surface area contributed by atoms with Crippen molar-refractivity contribution in [3.8, 4) is 0 Å². The third-order valence-electron chi connectivity index (χ3n) is 3.73. The first-order valence-electron chi connectivity index (χ1n) is 7.20. The highest BCUT2D eigenvalue weighted by atomic mass is 35.5. The Morgan fingerprint density at radius 1 is 1.14 bits per heavy atom. The molecule has 1 nitrogen and oxygen atoms in total. The summed E-state index contributed by atoms with van der Waals surface area (Å²) in [6, 6.07) is 9.26. The van der Waals surface area contributed by atoms with Crippen molar-refractivity contribution < 1.29 is 4.39 Å². The molecule has 0 aliphatic rings. The van der Waals surface area contributed by atoms with Crippen LogP contribution in [0.3, 0.4) is 0 Å². The highest BCUT2D eigenvalue weighted by molar-refractivity contribution is 6.30. The molecule has 112 valence electrons. The normalized spacial score (nSPS) is 12.5. The molecule has 21 heavy (non-hydrogen) atoms. The van der Waals surface area contributed by atoms with Crippen molar-refractivity contribution in [3.63, 3.8) is 0 Å². The lowest BCUT2D eigenvalue weighted by Crippen LogP contribution is -2.24. The maximum absolute atomic E-state index is 14.4. The first kappa shape index (κ1) is 16.0. The van der Waals surface area contributed by atoms with Crippen molar-refractivity contribution in [2.24, 2.45) is 0 Å². The lowest BCUT2D eigenvalue weighted by atomic mass is 9.89. The van der Waals surface area contributed by atoms with Crippen LogP contribution in [-0.4, -0.2) is 6.54 Å². The van der Waals surface area contributed by atoms with E-state index >= 15 is 0 Å². The van der Waals surface area contributed by atoms with Gasteiger partial charge in [-0.2, -0.15) is 0 Å². The molecule has 0 saturated heterocycles. The maximum atomic E-state index is 14.4. The number of benzene rings is 2. The molecular weight excluding hydrogens is 285 g/mol. The van der Waals surface area contributed by atoms with E-state index in [9.17, 15) is 4.39 Å². The minimum atomic E-state index is -0.343. The molecule has 0 aliphatic heterocycles. The van der Waals surface area contributed by atoms with Gasteiger partial charge in [-0.3, -0.25) is 0 Å². The molecule has 0 aliphatic carbocycles. The molecule has 0 radical (unpaired) electrons. The summed E-state index contributed by atoms with van der Waals surface area (Å²) in [4.78, 5) is 0. The van der Waals surface area contributed by atoms with Crippen molar-refractivity contribution in [1.82, 2.24) is 5.32 Å². The Morgan fingerprint density at radius 2 is 1.76 bits per heavy atom. The van der Waals surface area contributed by atoms with Crippen LogP contribution in [-0.2, 0) is 0 Å². The standard InChI is InChI=1S/C18H21ClFN/c1-5-21-18(14-7-6-8-15(19)17(14)20)16-12(3)9-11(2)10-13(16)4/h6-10,18,21H,5H2,1-4H3. The van der Waals surface area contributed by atoms with Crippen LogP contribution in [0.4, 0.5) is 4.39 Å². The summed E-state index contributed by atoms with van der Waals surface area (Å²) in [6.07, 6.45) is 0. The van der Waals surface area contributed by atoms with Crippen LogP contribution in [0.1, 0.15) is 40.8 Å². The number of hydrogen-bond donors (Lipinski definition) is 1. The molecule has 2 aromatic rings. The van der Waals surface area contributed by atoms with E-state index in [1.807, 2.05) is 6.92 Å². The van der Waals surface area contributed by atoms with E-state index in [1.54, 1.807) is 18.2 Å². The molecule has 0 aromatic heterocycles. The van der Waals surface area contributed by atoms with E-state index in [4.69, 9.17) is 11.6 Å². The van der Waals surface area contributed by atoms with Crippen LogP contribution < -0.4 is 5.32 Å². The highest BCUT2D eigenvalue weighted by Crippen LogP contribution is 2.32. The summed E-state index contributed by atoms with van der Waals surface area (Å²) >= 11 is 5.95. The summed E-state index contributed by atoms with van der Waals surface area (Å²) in [5, 5.41) is 3.55. The van der Waals surface area contributed by atoms with Gasteiger partial charge in [0.2, 0.25) is 0 Å². The van der Waals surface area contributed by atoms with E-state index < -0.39 is 0 Å². The number of rotatable bonds is 4. The number of nitrogens with one attached hydrogen (secondary N) is 1. The average molecular weight is 306 g/mol. The third-order valence-corrected chi connectivity index (χ3v) is 4.02. The molecule has 0 spiro atoms. The van der Waals surface area contributed by atoms with E-state index in [0.717, 1.165) is 23.2 Å². The molecule has 1 N–H and O–H groups in total. The minimum absolute atomic E-state index is 0.165. The molecule has 3 heteroatoms. The second-order valence-corrected chi connectivity index (χ2v) is 5.85. The zero-order valence-electron chi connectivity index (χ0n) is 12.9. The topological polar surface area (TPSA) is 12.0 Å². The van der Waals surface area contributed by atoms with Gasteiger partial charge in [0.05, 0.1) is 11.1 Å². The van der Waals surface area contributed by atoms with Crippen LogP contribution >= 0.6 is 11.6 Å². The fourth-order valence-electron chi connectivity index (χ4n) is 2.96. The Hall–Kier alpha value is -1.38. The van der Waals surface area contributed by atoms with Crippen LogP contribution in [0.25, 0.3) is 0 Å². The summed E-state index contributed by atoms with van der Waals surface area (Å²) < 4.78 is 14.4. The molecule has 1 atom stereocenters. The maximum Gasteiger partial charge on any atom is 0.146 e. The largest absolute Gasteiger partial charge is 0.306 e. The van der Waals surface area contributed by atoms with Crippen LogP contribution in [0.5, 0.6) is 0 Å². The number of halogens is 2. The van der Waals surface area contributed by atoms with E-state index in [1.165, 1.54) is 5.56 Å². The fourth-order valence-corrected chi connectivity index (χ4v) is 3.14. The smallest absolute Gasteiger partial charge is 0.146 e. The lowest BCUT2D eigenvalue weighted by Gasteiger charge is -2.24. The zero-order valence-corrected chi connectivity index (χ0v) is 13.7. The van der Waals surface area contributed by atoms with Gasteiger partial charge in [0, 0.05) is 5.56 Å². The minimum Gasteiger partial charge on any atom is -0.306 e. The third kappa shape index (κ3) is 3.28. The van der Waals surface area contributed by atoms with Gasteiger partial charge in [0.15, 0.2) is 0 Å². The van der Waals surface area contributed by atoms with Gasteiger partial charge in [-0.1, -0.05) is 48.4 Å². The molecule has 0 amide bonds. The van der Waals surface area contributed by atoms with Gasteiger partial charge in [-0.15, -0.1) is 0 Å². The predicted octanol–water partition coefficient (Wildman–Crippen LogP) is 5.10. The Morgan fingerprint density at radius 3 is 2.33 bits per heavy atom. The van der Waals surface area contributed by atoms with Crippen LogP contribution in [0.15, 0.2) is 30.3 Å². The molecule has 0 bridgehead atoms. The van der Waals surface area contributed by atoms with Crippen LogP contribution in [0.2, 0.25) is 5.02 Å². The van der Waals surface area contributed by atoms with Crippen molar-refractivity contribution in [2.75, 3.05) is 6.54 Å². The molecule has 0 fully saturated rings. The Kier molecular flexibility index (Phi) is 5.02. The summed E-state index contributed by atoms with van der Waals surface area (Å²) in [5.74, 6) is -0.343. The van der Waals surface area contributed by atoms with E-state index in [2.05, 4.69) is 38.2 Å². The average Bonchev–Trinajstić information content (AvgIpc) is 2.40. The lowest BCUT2D eigenvalue weighted by molar-refractivity contribution is 0.557. The number of aryl methyl sites for hydroxylation is 3. The van der Waals surface area contributed by atoms with Crippen molar-refractivity contribution in [3.05, 3.63) is 69.0 Å². The van der Waals surface area contributed by atoms with Gasteiger partial charge < -0.3 is 5.32 Å². The summed E-state index contributed by atoms with van der Waals surface area (Å²) in [5.41, 5.74) is 5.27. The van der Waals surface area contributed by atoms with Crippen molar-refractivity contribution >= 4 is 11.6 Å². The first-order chi connectivity index (χ1) is 9.95. The van der Waals surface area contributed by atoms with Gasteiger partial charge in [-0.05, 0) is 50.1 Å². The Balaban J connectivity index is 2.62. The SMILES string of the molecule is CCNC(c1cccc(Cl)c1F)c1c(C)cc(C)cc1C. The first-order valence-corrected chi connectivity index (χ1v) is 7.58. The molecule has 1 unspecified atom stereocenters. The monoisotopic (exact) mass is 305 g/mol. The highest BCUT2D eigenvalue weighted by Gasteiger charge is 2.21. The molecule has 2 rings (SSSR count). The molecular formula is C18H21ClFN. The van der Waals surface area contributed by atoms with Gasteiger partial charge in [-0.25, -0.2) is 4.39 Å². The summed E-state index contributed by atoms with van der Waals surface area (Å²) in [6.45, 7) is 8.99. The molecule has 2 aromatic carbocycles. The van der Waals surface area contributed by atoms with Gasteiger partial charge >= 0.3 is 0 Å². The predicted molar refractivity (Wildman–Crippen MR) is 87.6 cm³/mol. The molecule has 0 heterocycles. The van der Waals surface area contributed by atoms with E-state index in [-0.39, 0.29) is 16.9 Å². The van der Waals surface area contributed by atoms with Gasteiger partial charge in [0.1, 0.15) is 5.82 Å². The second-order valence-electron chi connectivity index (χ2n) is 5.45. The van der Waals surface area contributed by atoms with Crippen molar-refractivity contribution in [2.45, 2.75) is 33.7 Å². The molecule has 0 saturated carbocycles. The van der Waals surface area contributed by atoms with Crippen LogP contribution in [0, 0.1) is 26.6 Å². The number of hydrogen-bond acceptors (Lipinski definition) is 1. The van der Waals surface area contributed by atoms with E-state index in [0.29, 0.717) is 5.56 Å². The second kappa shape index (κ2) is 6.59. The zero-order chi connectivity index (χ0) is 15.6. The van der Waals surface area contributed by atoms with Gasteiger partial charge in [0.25, 0.3) is 0 Å². The quantitative estimate of drug-likeness (QED) is 0.828. The Bertz CT molecular complexity index is 629. The summed E-state index contributed by atoms with van der Waals surface area (Å²) in [7, 11) is 0. The fraction of sp³-hybridized carbons (Fsp3) is 0.333. The van der Waals surface area contributed by atoms with Crippen molar-refractivity contribution in [1.29, 1.82) is 0 Å².